The number of hydrogen-bond acceptors (Lipinski definition) is 3. The fourth-order valence-corrected chi connectivity index (χ4v) is 3.08. The molecule has 1 atom stereocenters. The number of rotatable bonds is 5. The zero-order valence-corrected chi connectivity index (χ0v) is 13.8. The summed E-state index contributed by atoms with van der Waals surface area (Å²) in [6, 6.07) is 8.98. The molecule has 0 saturated carbocycles. The maximum Gasteiger partial charge on any atom is 0.247 e. The van der Waals surface area contributed by atoms with E-state index in [1.165, 1.54) is 0 Å². The van der Waals surface area contributed by atoms with Crippen LogP contribution in [0, 0.1) is 0 Å². The fraction of sp³-hybridized carbons (Fsp3) is 0.389. The van der Waals surface area contributed by atoms with Gasteiger partial charge in [0.15, 0.2) is 0 Å². The molecule has 0 unspecified atom stereocenters. The van der Waals surface area contributed by atoms with Crippen molar-refractivity contribution in [1.82, 2.24) is 14.7 Å². The first-order chi connectivity index (χ1) is 11.6. The molecule has 126 valence electrons. The van der Waals surface area contributed by atoms with E-state index in [1.807, 2.05) is 43.6 Å². The van der Waals surface area contributed by atoms with Gasteiger partial charge >= 0.3 is 0 Å². The summed E-state index contributed by atoms with van der Waals surface area (Å²) >= 11 is 0. The largest absolute Gasteiger partial charge is 0.331 e. The Kier molecular flexibility index (Phi) is 4.93. The SMILES string of the molecule is Cn1cc(CCC(=O)N2CCC[C@@H]2C(=O)Nc2ccccc2)cn1. The molecule has 1 aliphatic rings. The van der Waals surface area contributed by atoms with Crippen LogP contribution >= 0.6 is 0 Å². The Morgan fingerprint density at radius 3 is 2.79 bits per heavy atom. The molecule has 2 amide bonds. The number of benzene rings is 1. The number of hydrogen-bond donors (Lipinski definition) is 1. The van der Waals surface area contributed by atoms with Crippen molar-refractivity contribution in [3.8, 4) is 0 Å². The Balaban J connectivity index is 1.57. The maximum atomic E-state index is 12.5. The van der Waals surface area contributed by atoms with Crippen LogP contribution in [0.5, 0.6) is 0 Å². The molecule has 3 rings (SSSR count). The quantitative estimate of drug-likeness (QED) is 0.913. The van der Waals surface area contributed by atoms with Crippen LogP contribution in [-0.4, -0.2) is 39.1 Å². The molecule has 1 saturated heterocycles. The van der Waals surface area contributed by atoms with Gasteiger partial charge in [-0.15, -0.1) is 0 Å². The number of nitrogens with one attached hydrogen (secondary N) is 1. The monoisotopic (exact) mass is 326 g/mol. The number of likely N-dealkylation sites (tertiary alicyclic amines) is 1. The highest BCUT2D eigenvalue weighted by molar-refractivity contribution is 5.97. The number of nitrogens with zero attached hydrogens (tertiary/aromatic N) is 3. The first-order valence-corrected chi connectivity index (χ1v) is 8.26. The number of aryl methyl sites for hydroxylation is 2. The molecule has 6 heteroatoms. The Labute approximate surface area is 141 Å². The van der Waals surface area contributed by atoms with Crippen LogP contribution in [0.25, 0.3) is 0 Å². The average molecular weight is 326 g/mol. The first kappa shape index (κ1) is 16.2. The minimum atomic E-state index is -0.369. The van der Waals surface area contributed by atoms with Gasteiger partial charge in [-0.3, -0.25) is 14.3 Å². The van der Waals surface area contributed by atoms with Crippen molar-refractivity contribution in [3.63, 3.8) is 0 Å². The van der Waals surface area contributed by atoms with Crippen LogP contribution in [0.4, 0.5) is 5.69 Å². The molecular weight excluding hydrogens is 304 g/mol. The molecule has 2 heterocycles. The Morgan fingerprint density at radius 2 is 2.08 bits per heavy atom. The van der Waals surface area contributed by atoms with E-state index in [0.29, 0.717) is 19.4 Å². The lowest BCUT2D eigenvalue weighted by Gasteiger charge is -2.24. The number of para-hydroxylation sites is 1. The molecule has 0 radical (unpaired) electrons. The maximum absolute atomic E-state index is 12.5. The second-order valence-electron chi connectivity index (χ2n) is 6.12. The molecular formula is C18H22N4O2. The van der Waals surface area contributed by atoms with Crippen LogP contribution in [0.3, 0.4) is 0 Å². The first-order valence-electron chi connectivity index (χ1n) is 8.26. The van der Waals surface area contributed by atoms with E-state index >= 15 is 0 Å². The highest BCUT2D eigenvalue weighted by atomic mass is 16.2. The Hall–Kier alpha value is -2.63. The van der Waals surface area contributed by atoms with Gasteiger partial charge in [-0.1, -0.05) is 18.2 Å². The van der Waals surface area contributed by atoms with Gasteiger partial charge < -0.3 is 10.2 Å². The second kappa shape index (κ2) is 7.29. The van der Waals surface area contributed by atoms with E-state index in [9.17, 15) is 9.59 Å². The average Bonchev–Trinajstić information content (AvgIpc) is 3.22. The second-order valence-corrected chi connectivity index (χ2v) is 6.12. The highest BCUT2D eigenvalue weighted by Crippen LogP contribution is 2.20. The van der Waals surface area contributed by atoms with Gasteiger partial charge in [0.05, 0.1) is 6.20 Å². The lowest BCUT2D eigenvalue weighted by molar-refractivity contribution is -0.136. The molecule has 1 aromatic carbocycles. The van der Waals surface area contributed by atoms with Crippen molar-refractivity contribution in [2.45, 2.75) is 31.7 Å². The summed E-state index contributed by atoms with van der Waals surface area (Å²) in [6.45, 7) is 0.652. The molecule has 1 aromatic heterocycles. The third kappa shape index (κ3) is 3.82. The number of anilines is 1. The lowest BCUT2D eigenvalue weighted by atomic mass is 10.1. The van der Waals surface area contributed by atoms with Crippen molar-refractivity contribution >= 4 is 17.5 Å². The number of carbonyl (C=O) groups is 2. The fourth-order valence-electron chi connectivity index (χ4n) is 3.08. The van der Waals surface area contributed by atoms with E-state index in [4.69, 9.17) is 0 Å². The van der Waals surface area contributed by atoms with E-state index in [2.05, 4.69) is 10.4 Å². The summed E-state index contributed by atoms with van der Waals surface area (Å²) < 4.78 is 1.73. The zero-order valence-electron chi connectivity index (χ0n) is 13.8. The predicted octanol–water partition coefficient (Wildman–Crippen LogP) is 1.98. The molecule has 1 fully saturated rings. The van der Waals surface area contributed by atoms with Crippen LogP contribution < -0.4 is 5.32 Å². The van der Waals surface area contributed by atoms with E-state index in [0.717, 1.165) is 24.1 Å². The minimum absolute atomic E-state index is 0.0320. The number of carbonyl (C=O) groups excluding carboxylic acids is 2. The summed E-state index contributed by atoms with van der Waals surface area (Å²) in [5.74, 6) is -0.0713. The van der Waals surface area contributed by atoms with E-state index < -0.39 is 0 Å². The van der Waals surface area contributed by atoms with Gasteiger partial charge in [0.1, 0.15) is 6.04 Å². The van der Waals surface area contributed by atoms with Crippen molar-refractivity contribution < 1.29 is 9.59 Å². The van der Waals surface area contributed by atoms with Crippen LogP contribution in [0.2, 0.25) is 0 Å². The zero-order chi connectivity index (χ0) is 16.9. The molecule has 1 N–H and O–H groups in total. The summed E-state index contributed by atoms with van der Waals surface area (Å²) in [5, 5.41) is 7.01. The van der Waals surface area contributed by atoms with Crippen LogP contribution in [-0.2, 0) is 23.1 Å². The molecule has 2 aromatic rings. The molecule has 6 nitrogen and oxygen atoms in total. The van der Waals surface area contributed by atoms with Crippen LogP contribution in [0.1, 0.15) is 24.8 Å². The topological polar surface area (TPSA) is 67.2 Å². The minimum Gasteiger partial charge on any atom is -0.331 e. The van der Waals surface area contributed by atoms with Crippen molar-refractivity contribution in [2.24, 2.45) is 7.05 Å². The van der Waals surface area contributed by atoms with Gasteiger partial charge in [-0.2, -0.15) is 5.10 Å². The summed E-state index contributed by atoms with van der Waals surface area (Å²) in [6.07, 6.45) is 6.33. The summed E-state index contributed by atoms with van der Waals surface area (Å²) in [4.78, 5) is 26.7. The number of amides is 2. The van der Waals surface area contributed by atoms with Gasteiger partial charge in [0.2, 0.25) is 11.8 Å². The van der Waals surface area contributed by atoms with Gasteiger partial charge in [-0.05, 0) is 37.0 Å². The molecule has 0 bridgehead atoms. The Morgan fingerprint density at radius 1 is 1.29 bits per heavy atom. The molecule has 0 aliphatic carbocycles. The third-order valence-electron chi connectivity index (χ3n) is 4.30. The van der Waals surface area contributed by atoms with Crippen molar-refractivity contribution in [1.29, 1.82) is 0 Å². The molecule has 24 heavy (non-hydrogen) atoms. The smallest absolute Gasteiger partial charge is 0.247 e. The third-order valence-corrected chi connectivity index (χ3v) is 4.30. The summed E-state index contributed by atoms with van der Waals surface area (Å²) in [7, 11) is 1.86. The predicted molar refractivity (Wildman–Crippen MR) is 91.3 cm³/mol. The Bertz CT molecular complexity index is 711. The van der Waals surface area contributed by atoms with Gasteiger partial charge in [0.25, 0.3) is 0 Å². The van der Waals surface area contributed by atoms with Crippen molar-refractivity contribution in [3.05, 3.63) is 48.3 Å². The molecule has 0 spiro atoms. The van der Waals surface area contributed by atoms with Crippen molar-refractivity contribution in [2.75, 3.05) is 11.9 Å². The summed E-state index contributed by atoms with van der Waals surface area (Å²) in [5.41, 5.74) is 1.80. The standard InChI is InChI=1S/C18H22N4O2/c1-21-13-14(12-19-21)9-10-17(23)22-11-5-8-16(22)18(24)20-15-6-3-2-4-7-15/h2-4,6-7,12-13,16H,5,8-11H2,1H3,(H,20,24)/t16-/m1/s1. The van der Waals surface area contributed by atoms with Gasteiger partial charge in [-0.25, -0.2) is 0 Å². The highest BCUT2D eigenvalue weighted by Gasteiger charge is 2.33. The molecule has 1 aliphatic heterocycles. The van der Waals surface area contributed by atoms with Gasteiger partial charge in [0, 0.05) is 31.9 Å². The van der Waals surface area contributed by atoms with Crippen LogP contribution in [0.15, 0.2) is 42.7 Å². The van der Waals surface area contributed by atoms with E-state index in [1.54, 1.807) is 15.8 Å². The lowest BCUT2D eigenvalue weighted by Crippen LogP contribution is -2.43. The number of aromatic nitrogens is 2. The van der Waals surface area contributed by atoms with E-state index in [-0.39, 0.29) is 17.9 Å². The normalized spacial score (nSPS) is 17.0.